The highest BCUT2D eigenvalue weighted by Crippen LogP contribution is 2.15. The van der Waals surface area contributed by atoms with E-state index in [4.69, 9.17) is 5.11 Å². The molecule has 0 radical (unpaired) electrons. The minimum Gasteiger partial charge on any atom is -0.395 e. The molecule has 0 aliphatic heterocycles. The molecule has 3 N–H and O–H groups in total. The standard InChI is InChI=1S/C11H17N5O4/c1-6(18)12-10-13-8-7(16(10)4-5-17)9(19)15(3)11(20)14(8)2/h6,17-18H,4-5H2,1-3H3,(H,12,13). The fourth-order valence-corrected chi connectivity index (χ4v) is 2.06. The van der Waals surface area contributed by atoms with Crippen molar-refractivity contribution in [3.05, 3.63) is 20.8 Å². The highest BCUT2D eigenvalue weighted by Gasteiger charge is 2.19. The molecule has 0 aliphatic rings. The summed E-state index contributed by atoms with van der Waals surface area (Å²) in [5.41, 5.74) is -0.580. The van der Waals surface area contributed by atoms with Crippen LogP contribution in [-0.2, 0) is 20.6 Å². The largest absolute Gasteiger partial charge is 0.395 e. The van der Waals surface area contributed by atoms with Gasteiger partial charge in [0.1, 0.15) is 6.23 Å². The number of rotatable bonds is 4. The number of aliphatic hydroxyl groups excluding tert-OH is 2. The topological polar surface area (TPSA) is 114 Å². The Bertz CT molecular complexity index is 755. The van der Waals surface area contributed by atoms with Gasteiger partial charge in [-0.3, -0.25) is 13.9 Å². The fourth-order valence-electron chi connectivity index (χ4n) is 2.06. The number of nitrogens with one attached hydrogen (secondary N) is 1. The summed E-state index contributed by atoms with van der Waals surface area (Å²) >= 11 is 0. The van der Waals surface area contributed by atoms with Crippen LogP contribution >= 0.6 is 0 Å². The minimum atomic E-state index is -0.884. The lowest BCUT2D eigenvalue weighted by atomic mass is 10.5. The van der Waals surface area contributed by atoms with Gasteiger partial charge in [0.05, 0.1) is 6.61 Å². The molecular formula is C11H17N5O4. The number of hydrogen-bond donors (Lipinski definition) is 3. The molecule has 0 fully saturated rings. The molecule has 2 heterocycles. The van der Waals surface area contributed by atoms with E-state index in [1.807, 2.05) is 0 Å². The number of hydrogen-bond acceptors (Lipinski definition) is 6. The number of imidazole rings is 1. The molecule has 0 aliphatic carbocycles. The Balaban J connectivity index is 2.88. The molecule has 0 spiro atoms. The van der Waals surface area contributed by atoms with E-state index in [1.54, 1.807) is 0 Å². The van der Waals surface area contributed by atoms with Crippen LogP contribution in [0.25, 0.3) is 11.2 Å². The normalized spacial score (nSPS) is 12.8. The Morgan fingerprint density at radius 1 is 1.30 bits per heavy atom. The van der Waals surface area contributed by atoms with Gasteiger partial charge < -0.3 is 20.1 Å². The van der Waals surface area contributed by atoms with Crippen molar-refractivity contribution in [2.45, 2.75) is 19.7 Å². The first-order chi connectivity index (χ1) is 9.38. The Labute approximate surface area is 113 Å². The fraction of sp³-hybridized carbons (Fsp3) is 0.545. The number of aromatic nitrogens is 4. The van der Waals surface area contributed by atoms with Gasteiger partial charge in [0.15, 0.2) is 11.2 Å². The Morgan fingerprint density at radius 3 is 2.50 bits per heavy atom. The maximum absolute atomic E-state index is 12.2. The van der Waals surface area contributed by atoms with E-state index in [0.29, 0.717) is 0 Å². The number of anilines is 1. The van der Waals surface area contributed by atoms with E-state index >= 15 is 0 Å². The molecule has 20 heavy (non-hydrogen) atoms. The highest BCUT2D eigenvalue weighted by atomic mass is 16.3. The second-order valence-corrected chi connectivity index (χ2v) is 4.51. The summed E-state index contributed by atoms with van der Waals surface area (Å²) in [5, 5.41) is 21.2. The predicted molar refractivity (Wildman–Crippen MR) is 72.6 cm³/mol. The highest BCUT2D eigenvalue weighted by molar-refractivity contribution is 5.74. The number of aliphatic hydroxyl groups is 2. The summed E-state index contributed by atoms with van der Waals surface area (Å²) in [6.45, 7) is 1.42. The van der Waals surface area contributed by atoms with E-state index in [2.05, 4.69) is 10.3 Å². The number of aryl methyl sites for hydroxylation is 1. The third-order valence-electron chi connectivity index (χ3n) is 3.01. The lowest BCUT2D eigenvalue weighted by Gasteiger charge is -2.10. The van der Waals surface area contributed by atoms with Gasteiger partial charge in [-0.25, -0.2) is 4.79 Å². The van der Waals surface area contributed by atoms with Crippen molar-refractivity contribution in [3.63, 3.8) is 0 Å². The molecular weight excluding hydrogens is 266 g/mol. The SMILES string of the molecule is CC(O)Nc1nc2c(c(=O)n(C)c(=O)n2C)n1CCO. The van der Waals surface area contributed by atoms with Crippen LogP contribution in [0.5, 0.6) is 0 Å². The van der Waals surface area contributed by atoms with Gasteiger partial charge in [-0.2, -0.15) is 4.98 Å². The summed E-state index contributed by atoms with van der Waals surface area (Å²) in [5.74, 6) is 0.224. The molecule has 9 heteroatoms. The second kappa shape index (κ2) is 5.10. The van der Waals surface area contributed by atoms with Crippen LogP contribution in [0.15, 0.2) is 9.59 Å². The Kier molecular flexibility index (Phi) is 3.64. The van der Waals surface area contributed by atoms with Crippen molar-refractivity contribution in [2.75, 3.05) is 11.9 Å². The zero-order valence-corrected chi connectivity index (χ0v) is 11.5. The van der Waals surface area contributed by atoms with Crippen molar-refractivity contribution < 1.29 is 10.2 Å². The monoisotopic (exact) mass is 283 g/mol. The zero-order chi connectivity index (χ0) is 15.0. The Hall–Kier alpha value is -2.13. The van der Waals surface area contributed by atoms with Crippen LogP contribution < -0.4 is 16.6 Å². The molecule has 2 aromatic heterocycles. The summed E-state index contributed by atoms with van der Waals surface area (Å²) in [7, 11) is 2.88. The summed E-state index contributed by atoms with van der Waals surface area (Å²) in [6, 6.07) is 0. The van der Waals surface area contributed by atoms with Crippen LogP contribution in [0, 0.1) is 0 Å². The van der Waals surface area contributed by atoms with Gasteiger partial charge in [0.25, 0.3) is 5.56 Å². The maximum atomic E-state index is 12.2. The molecule has 0 saturated heterocycles. The van der Waals surface area contributed by atoms with Gasteiger partial charge >= 0.3 is 5.69 Å². The molecule has 0 saturated carbocycles. The number of fused-ring (bicyclic) bond motifs is 1. The third kappa shape index (κ3) is 2.10. The van der Waals surface area contributed by atoms with Crippen LogP contribution in [0.2, 0.25) is 0 Å². The van der Waals surface area contributed by atoms with Crippen molar-refractivity contribution in [1.29, 1.82) is 0 Å². The molecule has 9 nitrogen and oxygen atoms in total. The molecule has 2 aromatic rings. The molecule has 0 amide bonds. The van der Waals surface area contributed by atoms with Crippen LogP contribution in [0.4, 0.5) is 5.95 Å². The van der Waals surface area contributed by atoms with Crippen molar-refractivity contribution in [1.82, 2.24) is 18.7 Å². The summed E-state index contributed by atoms with van der Waals surface area (Å²) in [4.78, 5) is 28.2. The van der Waals surface area contributed by atoms with Gasteiger partial charge in [-0.05, 0) is 6.92 Å². The molecule has 0 aromatic carbocycles. The van der Waals surface area contributed by atoms with Crippen molar-refractivity contribution in [3.8, 4) is 0 Å². The lowest BCUT2D eigenvalue weighted by molar-refractivity contribution is 0.222. The molecule has 1 unspecified atom stereocenters. The van der Waals surface area contributed by atoms with Gasteiger partial charge in [-0.15, -0.1) is 0 Å². The average molecular weight is 283 g/mol. The first kappa shape index (κ1) is 14.3. The first-order valence-corrected chi connectivity index (χ1v) is 6.10. The van der Waals surface area contributed by atoms with Gasteiger partial charge in [0.2, 0.25) is 5.95 Å². The molecule has 0 bridgehead atoms. The maximum Gasteiger partial charge on any atom is 0.332 e. The Morgan fingerprint density at radius 2 is 1.95 bits per heavy atom. The molecule has 110 valence electrons. The van der Waals surface area contributed by atoms with Crippen molar-refractivity contribution >= 4 is 17.1 Å². The number of nitrogens with zero attached hydrogens (tertiary/aromatic N) is 4. The van der Waals surface area contributed by atoms with E-state index in [9.17, 15) is 14.7 Å². The molecule has 2 rings (SSSR count). The lowest BCUT2D eigenvalue weighted by Crippen LogP contribution is -2.37. The average Bonchev–Trinajstić information content (AvgIpc) is 2.73. The van der Waals surface area contributed by atoms with Crippen LogP contribution in [0.1, 0.15) is 6.92 Å². The summed E-state index contributed by atoms with van der Waals surface area (Å²) < 4.78 is 3.67. The summed E-state index contributed by atoms with van der Waals surface area (Å²) in [6.07, 6.45) is -0.884. The first-order valence-electron chi connectivity index (χ1n) is 6.10. The van der Waals surface area contributed by atoms with Crippen LogP contribution in [-0.4, -0.2) is 41.7 Å². The van der Waals surface area contributed by atoms with Gasteiger partial charge in [0, 0.05) is 20.6 Å². The third-order valence-corrected chi connectivity index (χ3v) is 3.01. The predicted octanol–water partition coefficient (Wildman–Crippen LogP) is -1.82. The quantitative estimate of drug-likeness (QED) is 0.569. The molecule has 1 atom stereocenters. The minimum absolute atomic E-state index is 0.124. The smallest absolute Gasteiger partial charge is 0.332 e. The van der Waals surface area contributed by atoms with E-state index in [1.165, 1.54) is 30.2 Å². The van der Waals surface area contributed by atoms with Crippen LogP contribution in [0.3, 0.4) is 0 Å². The second-order valence-electron chi connectivity index (χ2n) is 4.51. The zero-order valence-electron chi connectivity index (χ0n) is 11.5. The van der Waals surface area contributed by atoms with E-state index in [-0.39, 0.29) is 30.3 Å². The van der Waals surface area contributed by atoms with E-state index in [0.717, 1.165) is 4.57 Å². The van der Waals surface area contributed by atoms with Gasteiger partial charge in [-0.1, -0.05) is 0 Å². The van der Waals surface area contributed by atoms with Crippen molar-refractivity contribution in [2.24, 2.45) is 14.1 Å². The van der Waals surface area contributed by atoms with E-state index < -0.39 is 17.5 Å².